The van der Waals surface area contributed by atoms with Crippen molar-refractivity contribution in [2.45, 2.75) is 43.9 Å². The van der Waals surface area contributed by atoms with Crippen LogP contribution in [0, 0.1) is 5.41 Å². The van der Waals surface area contributed by atoms with Gasteiger partial charge >= 0.3 is 5.97 Å². The predicted octanol–water partition coefficient (Wildman–Crippen LogP) is 4.27. The number of carbonyl (C=O) groups excluding carboxylic acids is 2. The number of hydrogen-bond acceptors (Lipinski definition) is 3. The fourth-order valence-electron chi connectivity index (χ4n) is 2.24. The zero-order valence-corrected chi connectivity index (χ0v) is 15.0. The molecule has 0 unspecified atom stereocenters. The maximum Gasteiger partial charge on any atom is 0.315 e. The van der Waals surface area contributed by atoms with Crippen LogP contribution in [-0.4, -0.2) is 22.8 Å². The van der Waals surface area contributed by atoms with E-state index >= 15 is 0 Å². The van der Waals surface area contributed by atoms with E-state index in [1.807, 2.05) is 24.3 Å². The third-order valence-electron chi connectivity index (χ3n) is 4.42. The molecule has 1 fully saturated rings. The van der Waals surface area contributed by atoms with Crippen molar-refractivity contribution in [2.75, 3.05) is 11.9 Å². The highest BCUT2D eigenvalue weighted by atomic mass is 35.5. The van der Waals surface area contributed by atoms with Gasteiger partial charge in [-0.15, -0.1) is 23.2 Å². The Morgan fingerprint density at radius 2 is 1.87 bits per heavy atom. The summed E-state index contributed by atoms with van der Waals surface area (Å²) < 4.78 is 3.91. The standard InChI is InChI=1S/C17H21Cl2NO3/c1-4-11(2)12-5-7-13(8-6-12)20-14(21)9-23-15(22)16(3)10-17(16,18)19/h5-8,11H,4,9-10H2,1-3H3,(H,20,21)/t11-,16+/m0/s1. The lowest BCUT2D eigenvalue weighted by Crippen LogP contribution is -2.26. The first kappa shape index (κ1) is 18.1. The van der Waals surface area contributed by atoms with Gasteiger partial charge in [0, 0.05) is 12.1 Å². The Morgan fingerprint density at radius 3 is 2.35 bits per heavy atom. The summed E-state index contributed by atoms with van der Waals surface area (Å²) in [4.78, 5) is 23.7. The van der Waals surface area contributed by atoms with Crippen LogP contribution in [0.25, 0.3) is 0 Å². The van der Waals surface area contributed by atoms with Crippen molar-refractivity contribution in [1.82, 2.24) is 0 Å². The summed E-state index contributed by atoms with van der Waals surface area (Å²) in [5, 5.41) is 2.69. The third kappa shape index (κ3) is 3.99. The number of alkyl halides is 2. The molecule has 0 spiro atoms. The number of benzene rings is 1. The molecule has 0 saturated heterocycles. The number of rotatable bonds is 6. The summed E-state index contributed by atoms with van der Waals surface area (Å²) in [6, 6.07) is 7.64. The van der Waals surface area contributed by atoms with Gasteiger partial charge in [-0.3, -0.25) is 9.59 Å². The van der Waals surface area contributed by atoms with Crippen molar-refractivity contribution in [1.29, 1.82) is 0 Å². The summed E-state index contributed by atoms with van der Waals surface area (Å²) in [5.41, 5.74) is 0.966. The van der Waals surface area contributed by atoms with Gasteiger partial charge in [0.05, 0.1) is 0 Å². The zero-order valence-electron chi connectivity index (χ0n) is 13.5. The van der Waals surface area contributed by atoms with Gasteiger partial charge in [0.25, 0.3) is 5.91 Å². The Labute approximate surface area is 146 Å². The smallest absolute Gasteiger partial charge is 0.315 e. The van der Waals surface area contributed by atoms with Crippen LogP contribution in [0.2, 0.25) is 0 Å². The largest absolute Gasteiger partial charge is 0.455 e. The molecule has 0 radical (unpaired) electrons. The highest BCUT2D eigenvalue weighted by Gasteiger charge is 2.69. The molecule has 0 aliphatic heterocycles. The van der Waals surface area contributed by atoms with Gasteiger partial charge < -0.3 is 10.1 Å². The molecule has 0 aromatic heterocycles. The highest BCUT2D eigenvalue weighted by Crippen LogP contribution is 2.64. The Hall–Kier alpha value is -1.26. The van der Waals surface area contributed by atoms with Gasteiger partial charge in [0.2, 0.25) is 0 Å². The van der Waals surface area contributed by atoms with E-state index in [-0.39, 0.29) is 6.61 Å². The lowest BCUT2D eigenvalue weighted by molar-refractivity contribution is -0.152. The SMILES string of the molecule is CC[C@H](C)c1ccc(NC(=O)COC(=O)[C@@]2(C)CC2(Cl)Cl)cc1. The normalized spacial score (nSPS) is 23.0. The fraction of sp³-hybridized carbons (Fsp3) is 0.529. The van der Waals surface area contributed by atoms with Crippen molar-refractivity contribution < 1.29 is 14.3 Å². The second-order valence-electron chi connectivity index (χ2n) is 6.27. The minimum atomic E-state index is -1.09. The first-order valence-corrected chi connectivity index (χ1v) is 8.40. The van der Waals surface area contributed by atoms with Crippen LogP contribution in [0.1, 0.15) is 45.1 Å². The van der Waals surface area contributed by atoms with Gasteiger partial charge in [-0.05, 0) is 37.0 Å². The van der Waals surface area contributed by atoms with Crippen molar-refractivity contribution in [3.63, 3.8) is 0 Å². The topological polar surface area (TPSA) is 55.4 Å². The summed E-state index contributed by atoms with van der Waals surface area (Å²) >= 11 is 11.8. The monoisotopic (exact) mass is 357 g/mol. The predicted molar refractivity (Wildman–Crippen MR) is 91.9 cm³/mol. The maximum absolute atomic E-state index is 11.9. The fourth-order valence-corrected chi connectivity index (χ4v) is 2.93. The van der Waals surface area contributed by atoms with E-state index in [2.05, 4.69) is 19.2 Å². The zero-order chi connectivity index (χ0) is 17.3. The van der Waals surface area contributed by atoms with E-state index in [9.17, 15) is 9.59 Å². The highest BCUT2D eigenvalue weighted by molar-refractivity contribution is 6.53. The Bertz CT molecular complexity index is 600. The second kappa shape index (κ2) is 6.70. The summed E-state index contributed by atoms with van der Waals surface area (Å²) in [7, 11) is 0. The maximum atomic E-state index is 11.9. The van der Waals surface area contributed by atoms with Gasteiger partial charge in [0.15, 0.2) is 6.61 Å². The quantitative estimate of drug-likeness (QED) is 0.610. The molecule has 1 aromatic carbocycles. The van der Waals surface area contributed by atoms with Gasteiger partial charge in [-0.2, -0.15) is 0 Å². The molecule has 1 saturated carbocycles. The average molecular weight is 358 g/mol. The summed E-state index contributed by atoms with van der Waals surface area (Å²) in [5.74, 6) is -0.468. The van der Waals surface area contributed by atoms with Crippen molar-refractivity contribution >= 4 is 40.8 Å². The molecule has 23 heavy (non-hydrogen) atoms. The molecule has 1 aliphatic rings. The summed E-state index contributed by atoms with van der Waals surface area (Å²) in [6.45, 7) is 5.55. The molecule has 4 nitrogen and oxygen atoms in total. The van der Waals surface area contributed by atoms with E-state index in [1.54, 1.807) is 6.92 Å². The molecular formula is C17H21Cl2NO3. The first-order chi connectivity index (χ1) is 10.7. The third-order valence-corrected chi connectivity index (χ3v) is 5.52. The number of esters is 1. The van der Waals surface area contributed by atoms with Crippen LogP contribution in [0.15, 0.2) is 24.3 Å². The van der Waals surface area contributed by atoms with Crippen LogP contribution < -0.4 is 5.32 Å². The van der Waals surface area contributed by atoms with Crippen LogP contribution >= 0.6 is 23.2 Å². The van der Waals surface area contributed by atoms with Crippen LogP contribution in [0.4, 0.5) is 5.69 Å². The van der Waals surface area contributed by atoms with Gasteiger partial charge in [0.1, 0.15) is 9.75 Å². The van der Waals surface area contributed by atoms with Crippen molar-refractivity contribution in [3.05, 3.63) is 29.8 Å². The second-order valence-corrected chi connectivity index (χ2v) is 7.75. The Balaban J connectivity index is 1.82. The molecular weight excluding hydrogens is 337 g/mol. The Kier molecular flexibility index (Phi) is 5.27. The molecule has 1 aliphatic carbocycles. The van der Waals surface area contributed by atoms with Crippen molar-refractivity contribution in [3.8, 4) is 0 Å². The molecule has 1 aromatic rings. The summed E-state index contributed by atoms with van der Waals surface area (Å²) in [6.07, 6.45) is 1.39. The molecule has 6 heteroatoms. The van der Waals surface area contributed by atoms with E-state index < -0.39 is 21.6 Å². The minimum Gasteiger partial charge on any atom is -0.455 e. The van der Waals surface area contributed by atoms with E-state index in [0.29, 0.717) is 18.0 Å². The number of ether oxygens (including phenoxy) is 1. The first-order valence-electron chi connectivity index (χ1n) is 7.64. The van der Waals surface area contributed by atoms with Crippen LogP contribution in [0.3, 0.4) is 0 Å². The molecule has 1 amide bonds. The molecule has 0 heterocycles. The van der Waals surface area contributed by atoms with Crippen LogP contribution in [-0.2, 0) is 14.3 Å². The number of anilines is 1. The Morgan fingerprint density at radius 1 is 1.30 bits per heavy atom. The van der Waals surface area contributed by atoms with E-state index in [4.69, 9.17) is 27.9 Å². The number of nitrogens with one attached hydrogen (secondary N) is 1. The van der Waals surface area contributed by atoms with Crippen molar-refractivity contribution in [2.24, 2.45) is 5.41 Å². The lowest BCUT2D eigenvalue weighted by Gasteiger charge is -2.12. The van der Waals surface area contributed by atoms with Gasteiger partial charge in [-0.25, -0.2) is 0 Å². The minimum absolute atomic E-state index is 0.334. The van der Waals surface area contributed by atoms with E-state index in [1.165, 1.54) is 5.56 Å². The van der Waals surface area contributed by atoms with E-state index in [0.717, 1.165) is 6.42 Å². The number of amides is 1. The van der Waals surface area contributed by atoms with Gasteiger partial charge in [-0.1, -0.05) is 26.0 Å². The molecule has 2 rings (SSSR count). The molecule has 0 bridgehead atoms. The number of halogens is 2. The molecule has 2 atom stereocenters. The van der Waals surface area contributed by atoms with Crippen LogP contribution in [0.5, 0.6) is 0 Å². The number of hydrogen-bond donors (Lipinski definition) is 1. The average Bonchev–Trinajstić information content (AvgIpc) is 3.04. The lowest BCUT2D eigenvalue weighted by atomic mass is 9.99. The number of carbonyl (C=O) groups is 2. The molecule has 126 valence electrons. The molecule has 1 N–H and O–H groups in total.